The molecule has 0 atom stereocenters. The van der Waals surface area contributed by atoms with Crippen molar-refractivity contribution in [2.45, 2.75) is 0 Å². The minimum atomic E-state index is 1.11. The van der Waals surface area contributed by atoms with Crippen molar-refractivity contribution in [3.8, 4) is 0 Å². The third-order valence-electron chi connectivity index (χ3n) is 2.41. The largest absolute Gasteiger partial charge is 0.204 e. The second-order valence-electron chi connectivity index (χ2n) is 3.62. The van der Waals surface area contributed by atoms with Crippen LogP contribution in [0.5, 0.6) is 0 Å². The van der Waals surface area contributed by atoms with Crippen LogP contribution in [0.25, 0.3) is 12.2 Å². The minimum Gasteiger partial charge on any atom is -0.202 e. The standard InChI is InChI=1S/C14H13BrN/c1-16-11-3-2-4-14(16)10-7-12-5-8-13(15)9-6-12/h2-11H,1H3/q+1/b10-7+. The third-order valence-corrected chi connectivity index (χ3v) is 2.94. The Labute approximate surface area is 104 Å². The highest BCUT2D eigenvalue weighted by atomic mass is 79.9. The smallest absolute Gasteiger partial charge is 0.202 e. The average molecular weight is 275 g/mol. The van der Waals surface area contributed by atoms with E-state index in [0.29, 0.717) is 0 Å². The molecule has 0 fully saturated rings. The molecule has 1 aromatic carbocycles. The van der Waals surface area contributed by atoms with Gasteiger partial charge < -0.3 is 0 Å². The topological polar surface area (TPSA) is 3.88 Å². The predicted molar refractivity (Wildman–Crippen MR) is 70.7 cm³/mol. The molecule has 0 radical (unpaired) electrons. The van der Waals surface area contributed by atoms with Crippen LogP contribution in [0.3, 0.4) is 0 Å². The summed E-state index contributed by atoms with van der Waals surface area (Å²) in [5.74, 6) is 0. The van der Waals surface area contributed by atoms with Crippen molar-refractivity contribution in [3.63, 3.8) is 0 Å². The Morgan fingerprint density at radius 1 is 1.00 bits per heavy atom. The average Bonchev–Trinajstić information content (AvgIpc) is 2.30. The molecule has 1 aromatic heterocycles. The number of halogens is 1. The number of rotatable bonds is 2. The summed E-state index contributed by atoms with van der Waals surface area (Å²) < 4.78 is 3.20. The van der Waals surface area contributed by atoms with E-state index in [2.05, 4.69) is 50.8 Å². The molecule has 16 heavy (non-hydrogen) atoms. The van der Waals surface area contributed by atoms with Gasteiger partial charge in [0.05, 0.1) is 0 Å². The Morgan fingerprint density at radius 2 is 1.75 bits per heavy atom. The van der Waals surface area contributed by atoms with Crippen LogP contribution in [-0.2, 0) is 7.05 Å². The zero-order valence-corrected chi connectivity index (χ0v) is 10.7. The molecule has 0 aliphatic carbocycles. The number of aromatic nitrogens is 1. The lowest BCUT2D eigenvalue weighted by atomic mass is 10.2. The summed E-state index contributed by atoms with van der Waals surface area (Å²) in [4.78, 5) is 0. The molecule has 0 amide bonds. The van der Waals surface area contributed by atoms with Gasteiger partial charge in [0.2, 0.25) is 5.69 Å². The van der Waals surface area contributed by atoms with Gasteiger partial charge in [0, 0.05) is 22.7 Å². The van der Waals surface area contributed by atoms with E-state index in [0.717, 1.165) is 4.47 Å². The summed E-state index contributed by atoms with van der Waals surface area (Å²) in [6, 6.07) is 14.4. The highest BCUT2D eigenvalue weighted by molar-refractivity contribution is 9.10. The molecule has 0 bridgehead atoms. The van der Waals surface area contributed by atoms with E-state index in [1.54, 1.807) is 0 Å². The minimum absolute atomic E-state index is 1.11. The van der Waals surface area contributed by atoms with E-state index in [4.69, 9.17) is 0 Å². The maximum atomic E-state index is 3.42. The van der Waals surface area contributed by atoms with E-state index in [-0.39, 0.29) is 0 Å². The van der Waals surface area contributed by atoms with Crippen molar-refractivity contribution < 1.29 is 4.57 Å². The van der Waals surface area contributed by atoms with Crippen LogP contribution in [-0.4, -0.2) is 0 Å². The van der Waals surface area contributed by atoms with Crippen molar-refractivity contribution in [1.82, 2.24) is 0 Å². The van der Waals surface area contributed by atoms with Crippen molar-refractivity contribution in [2.24, 2.45) is 7.05 Å². The fraction of sp³-hybridized carbons (Fsp3) is 0.0714. The van der Waals surface area contributed by atoms with Crippen molar-refractivity contribution >= 4 is 28.1 Å². The molecule has 2 aromatic rings. The van der Waals surface area contributed by atoms with Gasteiger partial charge in [-0.1, -0.05) is 28.1 Å². The van der Waals surface area contributed by atoms with Gasteiger partial charge in [-0.05, 0) is 29.8 Å². The van der Waals surface area contributed by atoms with E-state index in [1.807, 2.05) is 37.5 Å². The van der Waals surface area contributed by atoms with Crippen molar-refractivity contribution in [3.05, 3.63) is 64.4 Å². The third kappa shape index (κ3) is 2.80. The molecule has 2 heteroatoms. The Hall–Kier alpha value is -1.41. The Kier molecular flexibility index (Phi) is 3.52. The first-order chi connectivity index (χ1) is 7.75. The number of hydrogen-bond acceptors (Lipinski definition) is 0. The maximum absolute atomic E-state index is 3.42. The molecule has 1 nitrogen and oxygen atoms in total. The van der Waals surface area contributed by atoms with Gasteiger partial charge >= 0.3 is 0 Å². The lowest BCUT2D eigenvalue weighted by Gasteiger charge is -1.94. The summed E-state index contributed by atoms with van der Waals surface area (Å²) in [7, 11) is 2.04. The normalized spacial score (nSPS) is 10.9. The van der Waals surface area contributed by atoms with Crippen LogP contribution in [0.4, 0.5) is 0 Å². The lowest BCUT2D eigenvalue weighted by molar-refractivity contribution is -0.673. The molecule has 0 saturated carbocycles. The lowest BCUT2D eigenvalue weighted by Crippen LogP contribution is -2.30. The maximum Gasteiger partial charge on any atom is 0.204 e. The zero-order chi connectivity index (χ0) is 11.4. The number of aryl methyl sites for hydroxylation is 1. The molecule has 1 heterocycles. The molecule has 0 aliphatic heterocycles. The molecule has 0 saturated heterocycles. The van der Waals surface area contributed by atoms with Crippen LogP contribution < -0.4 is 4.57 Å². The monoisotopic (exact) mass is 274 g/mol. The fourth-order valence-corrected chi connectivity index (χ4v) is 1.73. The molecule has 2 rings (SSSR count). The van der Waals surface area contributed by atoms with Gasteiger partial charge in [0.25, 0.3) is 0 Å². The van der Waals surface area contributed by atoms with E-state index in [9.17, 15) is 0 Å². The second-order valence-corrected chi connectivity index (χ2v) is 4.54. The fourth-order valence-electron chi connectivity index (χ4n) is 1.47. The summed E-state index contributed by atoms with van der Waals surface area (Å²) in [6.07, 6.45) is 6.27. The SMILES string of the molecule is C[n+]1ccccc1/C=C/c1ccc(Br)cc1. The molecule has 0 N–H and O–H groups in total. The van der Waals surface area contributed by atoms with Gasteiger partial charge in [-0.25, -0.2) is 4.57 Å². The first-order valence-corrected chi connectivity index (χ1v) is 5.93. The summed E-state index contributed by atoms with van der Waals surface area (Å²) >= 11 is 3.42. The Morgan fingerprint density at radius 3 is 2.44 bits per heavy atom. The second kappa shape index (κ2) is 5.08. The van der Waals surface area contributed by atoms with Gasteiger partial charge in [0.1, 0.15) is 7.05 Å². The predicted octanol–water partition coefficient (Wildman–Crippen LogP) is 3.44. The number of hydrogen-bond donors (Lipinski definition) is 0. The van der Waals surface area contributed by atoms with Crippen LogP contribution in [0.1, 0.15) is 11.3 Å². The van der Waals surface area contributed by atoms with Gasteiger partial charge in [-0.15, -0.1) is 0 Å². The highest BCUT2D eigenvalue weighted by Crippen LogP contribution is 2.12. The van der Waals surface area contributed by atoms with Crippen molar-refractivity contribution in [2.75, 3.05) is 0 Å². The number of nitrogens with zero attached hydrogens (tertiary/aromatic N) is 1. The van der Waals surface area contributed by atoms with Crippen LogP contribution in [0.15, 0.2) is 53.1 Å². The van der Waals surface area contributed by atoms with Crippen LogP contribution >= 0.6 is 15.9 Å². The first kappa shape index (κ1) is 11.1. The van der Waals surface area contributed by atoms with E-state index >= 15 is 0 Å². The first-order valence-electron chi connectivity index (χ1n) is 5.14. The van der Waals surface area contributed by atoms with Crippen LogP contribution in [0.2, 0.25) is 0 Å². The van der Waals surface area contributed by atoms with Crippen LogP contribution in [0, 0.1) is 0 Å². The summed E-state index contributed by atoms with van der Waals surface area (Å²) in [5.41, 5.74) is 2.39. The summed E-state index contributed by atoms with van der Waals surface area (Å²) in [6.45, 7) is 0. The highest BCUT2D eigenvalue weighted by Gasteiger charge is 1.98. The van der Waals surface area contributed by atoms with Gasteiger partial charge in [-0.3, -0.25) is 0 Å². The Balaban J connectivity index is 2.21. The van der Waals surface area contributed by atoms with E-state index < -0.39 is 0 Å². The number of benzene rings is 1. The molecular weight excluding hydrogens is 262 g/mol. The molecular formula is C14H13BrN+. The summed E-state index contributed by atoms with van der Waals surface area (Å²) in [5, 5.41) is 0. The molecule has 0 unspecified atom stereocenters. The molecule has 80 valence electrons. The number of pyridine rings is 1. The van der Waals surface area contributed by atoms with Crippen molar-refractivity contribution in [1.29, 1.82) is 0 Å². The van der Waals surface area contributed by atoms with E-state index in [1.165, 1.54) is 11.3 Å². The molecule has 0 spiro atoms. The van der Waals surface area contributed by atoms with Gasteiger partial charge in [-0.2, -0.15) is 0 Å². The van der Waals surface area contributed by atoms with Gasteiger partial charge in [0.15, 0.2) is 6.20 Å². The Bertz CT molecular complexity index is 500. The quantitative estimate of drug-likeness (QED) is 0.739. The molecule has 0 aliphatic rings. The zero-order valence-electron chi connectivity index (χ0n) is 9.10.